The molecule has 1 aromatic carbocycles. The zero-order chi connectivity index (χ0) is 16.9. The van der Waals surface area contributed by atoms with E-state index in [0.29, 0.717) is 18.0 Å². The lowest BCUT2D eigenvalue weighted by Gasteiger charge is -2.21. The van der Waals surface area contributed by atoms with Crippen molar-refractivity contribution >= 4 is 5.91 Å². The molecule has 3 rings (SSSR count). The molecule has 0 radical (unpaired) electrons. The first kappa shape index (κ1) is 16.4. The Hall–Kier alpha value is -2.44. The van der Waals surface area contributed by atoms with Crippen LogP contribution in [-0.2, 0) is 11.3 Å². The van der Waals surface area contributed by atoms with E-state index in [1.165, 1.54) is 43.5 Å². The topological polar surface area (TPSA) is 77.1 Å². The van der Waals surface area contributed by atoms with Gasteiger partial charge in [0, 0.05) is 12.1 Å². The Morgan fingerprint density at radius 2 is 1.96 bits per heavy atom. The molecule has 1 saturated carbocycles. The monoisotopic (exact) mass is 333 g/mol. The SMILES string of the molecule is O=C(Cn1nc(-c2ccc(F)cc2)oc1=O)NCC1CCCCC1. The third-order valence-electron chi connectivity index (χ3n) is 4.30. The molecule has 128 valence electrons. The number of amides is 1. The minimum absolute atomic E-state index is 0.0695. The highest BCUT2D eigenvalue weighted by atomic mass is 19.1. The van der Waals surface area contributed by atoms with Crippen LogP contribution in [0.5, 0.6) is 0 Å². The quantitative estimate of drug-likeness (QED) is 0.911. The molecular formula is C17H20FN3O3. The van der Waals surface area contributed by atoms with Crippen LogP contribution in [-0.4, -0.2) is 22.2 Å². The molecule has 1 aliphatic carbocycles. The first-order valence-corrected chi connectivity index (χ1v) is 8.22. The van der Waals surface area contributed by atoms with Gasteiger partial charge in [0.05, 0.1) is 0 Å². The minimum atomic E-state index is -0.706. The standard InChI is InChI=1S/C17H20FN3O3/c18-14-8-6-13(7-9-14)16-20-21(17(23)24-16)11-15(22)19-10-12-4-2-1-3-5-12/h6-9,12H,1-5,10-11H2,(H,19,22). The van der Waals surface area contributed by atoms with Crippen LogP contribution in [0.4, 0.5) is 4.39 Å². The number of halogens is 1. The van der Waals surface area contributed by atoms with Crippen LogP contribution < -0.4 is 11.1 Å². The molecular weight excluding hydrogens is 313 g/mol. The molecule has 0 unspecified atom stereocenters. The van der Waals surface area contributed by atoms with E-state index < -0.39 is 5.76 Å². The molecule has 1 amide bonds. The van der Waals surface area contributed by atoms with Crippen molar-refractivity contribution in [2.75, 3.05) is 6.54 Å². The van der Waals surface area contributed by atoms with Crippen LogP contribution in [0.25, 0.3) is 11.5 Å². The van der Waals surface area contributed by atoms with Crippen molar-refractivity contribution in [3.05, 3.63) is 40.6 Å². The normalized spacial score (nSPS) is 15.4. The second-order valence-corrected chi connectivity index (χ2v) is 6.15. The largest absolute Gasteiger partial charge is 0.437 e. The van der Waals surface area contributed by atoms with Gasteiger partial charge in [-0.15, -0.1) is 5.10 Å². The molecule has 0 aliphatic heterocycles. The summed E-state index contributed by atoms with van der Waals surface area (Å²) in [6, 6.07) is 5.44. The summed E-state index contributed by atoms with van der Waals surface area (Å²) in [6.45, 7) is 0.451. The fourth-order valence-corrected chi connectivity index (χ4v) is 2.96. The Labute approximate surface area is 138 Å². The van der Waals surface area contributed by atoms with E-state index >= 15 is 0 Å². The minimum Gasteiger partial charge on any atom is -0.388 e. The highest BCUT2D eigenvalue weighted by molar-refractivity contribution is 5.75. The lowest BCUT2D eigenvalue weighted by molar-refractivity contribution is -0.122. The molecule has 0 spiro atoms. The summed E-state index contributed by atoms with van der Waals surface area (Å²) in [5, 5.41) is 6.85. The van der Waals surface area contributed by atoms with E-state index in [2.05, 4.69) is 10.4 Å². The fourth-order valence-electron chi connectivity index (χ4n) is 2.96. The Balaban J connectivity index is 1.59. The van der Waals surface area contributed by atoms with E-state index in [-0.39, 0.29) is 24.2 Å². The van der Waals surface area contributed by atoms with Crippen molar-refractivity contribution in [2.45, 2.75) is 38.6 Å². The lowest BCUT2D eigenvalue weighted by atomic mass is 9.89. The number of nitrogens with zero attached hydrogens (tertiary/aromatic N) is 2. The third kappa shape index (κ3) is 4.10. The van der Waals surface area contributed by atoms with Gasteiger partial charge in [0.15, 0.2) is 0 Å². The van der Waals surface area contributed by atoms with Crippen molar-refractivity contribution in [1.29, 1.82) is 0 Å². The average Bonchev–Trinajstić information content (AvgIpc) is 2.95. The van der Waals surface area contributed by atoms with E-state index in [0.717, 1.165) is 17.5 Å². The molecule has 2 aromatic rings. The number of carbonyl (C=O) groups excluding carboxylic acids is 1. The molecule has 24 heavy (non-hydrogen) atoms. The van der Waals surface area contributed by atoms with Crippen LogP contribution in [0.2, 0.25) is 0 Å². The second-order valence-electron chi connectivity index (χ2n) is 6.15. The summed E-state index contributed by atoms with van der Waals surface area (Å²) in [7, 11) is 0. The van der Waals surface area contributed by atoms with Gasteiger partial charge >= 0.3 is 5.76 Å². The number of hydrogen-bond donors (Lipinski definition) is 1. The smallest absolute Gasteiger partial charge is 0.388 e. The third-order valence-corrected chi connectivity index (χ3v) is 4.30. The van der Waals surface area contributed by atoms with E-state index in [1.807, 2.05) is 0 Å². The summed E-state index contributed by atoms with van der Waals surface area (Å²) in [5.74, 6) is -0.766. The van der Waals surface area contributed by atoms with Gasteiger partial charge in [-0.25, -0.2) is 9.18 Å². The van der Waals surface area contributed by atoms with E-state index in [1.54, 1.807) is 0 Å². The fraction of sp³-hybridized carbons (Fsp3) is 0.471. The van der Waals surface area contributed by atoms with Crippen LogP contribution in [0.3, 0.4) is 0 Å². The Morgan fingerprint density at radius 3 is 2.67 bits per heavy atom. The predicted octanol–water partition coefficient (Wildman–Crippen LogP) is 2.34. The summed E-state index contributed by atoms with van der Waals surface area (Å²) in [6.07, 6.45) is 5.97. The molecule has 0 atom stereocenters. The Morgan fingerprint density at radius 1 is 1.25 bits per heavy atom. The van der Waals surface area contributed by atoms with Crippen LogP contribution in [0.1, 0.15) is 32.1 Å². The maximum absolute atomic E-state index is 12.9. The Bertz CT molecular complexity index is 745. The van der Waals surface area contributed by atoms with Crippen LogP contribution >= 0.6 is 0 Å². The Kier molecular flexibility index (Phi) is 5.08. The summed E-state index contributed by atoms with van der Waals surface area (Å²) in [4.78, 5) is 23.8. The predicted molar refractivity (Wildman–Crippen MR) is 85.7 cm³/mol. The zero-order valence-corrected chi connectivity index (χ0v) is 13.3. The first-order valence-electron chi connectivity index (χ1n) is 8.22. The molecule has 1 fully saturated rings. The molecule has 0 bridgehead atoms. The van der Waals surface area contributed by atoms with Crippen LogP contribution in [0.15, 0.2) is 33.5 Å². The summed E-state index contributed by atoms with van der Waals surface area (Å²) in [5.41, 5.74) is 0.481. The van der Waals surface area contributed by atoms with Crippen LogP contribution in [0, 0.1) is 11.7 Å². The van der Waals surface area contributed by atoms with Gasteiger partial charge in [-0.1, -0.05) is 19.3 Å². The van der Waals surface area contributed by atoms with Gasteiger partial charge < -0.3 is 9.73 Å². The maximum atomic E-state index is 12.9. The first-order chi connectivity index (χ1) is 11.6. The average molecular weight is 333 g/mol. The molecule has 0 saturated heterocycles. The van der Waals surface area contributed by atoms with Gasteiger partial charge in [0.2, 0.25) is 11.8 Å². The van der Waals surface area contributed by atoms with E-state index in [4.69, 9.17) is 4.42 Å². The number of benzene rings is 1. The lowest BCUT2D eigenvalue weighted by Crippen LogP contribution is -2.35. The van der Waals surface area contributed by atoms with Gasteiger partial charge in [0.1, 0.15) is 12.4 Å². The number of nitrogens with one attached hydrogen (secondary N) is 1. The molecule has 7 heteroatoms. The molecule has 1 N–H and O–H groups in total. The van der Waals surface area contributed by atoms with Crippen molar-refractivity contribution in [1.82, 2.24) is 15.1 Å². The molecule has 1 aromatic heterocycles. The number of aromatic nitrogens is 2. The van der Waals surface area contributed by atoms with Gasteiger partial charge in [-0.2, -0.15) is 4.68 Å². The molecule has 1 aliphatic rings. The maximum Gasteiger partial charge on any atom is 0.437 e. The summed E-state index contributed by atoms with van der Waals surface area (Å²) < 4.78 is 18.9. The highest BCUT2D eigenvalue weighted by Gasteiger charge is 2.16. The zero-order valence-electron chi connectivity index (χ0n) is 13.3. The highest BCUT2D eigenvalue weighted by Crippen LogP contribution is 2.22. The number of rotatable bonds is 5. The van der Waals surface area contributed by atoms with Crippen molar-refractivity contribution in [3.63, 3.8) is 0 Å². The number of hydrogen-bond acceptors (Lipinski definition) is 4. The van der Waals surface area contributed by atoms with Crippen molar-refractivity contribution < 1.29 is 13.6 Å². The molecule has 6 nitrogen and oxygen atoms in total. The molecule has 1 heterocycles. The van der Waals surface area contributed by atoms with Gasteiger partial charge in [-0.05, 0) is 43.0 Å². The van der Waals surface area contributed by atoms with Gasteiger partial charge in [-0.3, -0.25) is 4.79 Å². The van der Waals surface area contributed by atoms with Crippen molar-refractivity contribution in [2.24, 2.45) is 5.92 Å². The second kappa shape index (κ2) is 7.42. The van der Waals surface area contributed by atoms with E-state index in [9.17, 15) is 14.0 Å². The number of carbonyl (C=O) groups is 1. The van der Waals surface area contributed by atoms with Crippen molar-refractivity contribution in [3.8, 4) is 11.5 Å². The van der Waals surface area contributed by atoms with Gasteiger partial charge in [0.25, 0.3) is 0 Å². The summed E-state index contributed by atoms with van der Waals surface area (Å²) >= 11 is 0.